The van der Waals surface area contributed by atoms with E-state index in [1.54, 1.807) is 0 Å². The fraction of sp³-hybridized carbons (Fsp3) is 0.250. The summed E-state index contributed by atoms with van der Waals surface area (Å²) in [7, 11) is -0.454. The molecular weight excluding hydrogens is 185 g/mol. The van der Waals surface area contributed by atoms with Gasteiger partial charge in [0.05, 0.1) is 7.11 Å². The van der Waals surface area contributed by atoms with Crippen molar-refractivity contribution in [3.63, 3.8) is 0 Å². The van der Waals surface area contributed by atoms with Gasteiger partial charge in [0.15, 0.2) is 0 Å². The van der Waals surface area contributed by atoms with Gasteiger partial charge in [0.2, 0.25) is 0 Å². The molecule has 5 nitrogen and oxygen atoms in total. The molecule has 0 aromatic rings. The van der Waals surface area contributed by atoms with Crippen LogP contribution in [-0.2, 0) is 9.53 Å². The maximum absolute atomic E-state index is 10.9. The Labute approximate surface area is 82.6 Å². The Kier molecular flexibility index (Phi) is 5.51. The van der Waals surface area contributed by atoms with E-state index in [2.05, 4.69) is 16.4 Å². The van der Waals surface area contributed by atoms with E-state index in [1.807, 2.05) is 0 Å². The van der Waals surface area contributed by atoms with Gasteiger partial charge >= 0.3 is 13.1 Å². The summed E-state index contributed by atoms with van der Waals surface area (Å²) in [5.74, 6) is -0.541. The van der Waals surface area contributed by atoms with Gasteiger partial charge in [0.25, 0.3) is 0 Å². The first-order chi connectivity index (χ1) is 6.52. The third kappa shape index (κ3) is 4.02. The molecule has 0 aliphatic rings. The van der Waals surface area contributed by atoms with Gasteiger partial charge in [-0.3, -0.25) is 4.99 Å². The average Bonchev–Trinajstić information content (AvgIpc) is 2.15. The standard InChI is InChI=1S/C8H12BNO4/c1-6(8(11)14-3)4-7(5-10-2)9(12)13/h4-5,12-13H,2H2,1,3H3. The molecule has 0 bridgehead atoms. The largest absolute Gasteiger partial charge is 0.490 e. The van der Waals surface area contributed by atoms with E-state index in [0.717, 1.165) is 6.20 Å². The summed E-state index contributed by atoms with van der Waals surface area (Å²) < 4.78 is 4.43. The topological polar surface area (TPSA) is 79.1 Å². The van der Waals surface area contributed by atoms with Crippen molar-refractivity contribution in [3.8, 4) is 0 Å². The maximum atomic E-state index is 10.9. The predicted octanol–water partition coefficient (Wildman–Crippen LogP) is -0.298. The Morgan fingerprint density at radius 2 is 2.14 bits per heavy atom. The molecule has 0 fully saturated rings. The molecule has 0 atom stereocenters. The first-order valence-electron chi connectivity index (χ1n) is 3.81. The van der Waals surface area contributed by atoms with Crippen LogP contribution < -0.4 is 0 Å². The summed E-state index contributed by atoms with van der Waals surface area (Å²) in [6.07, 6.45) is 2.42. The van der Waals surface area contributed by atoms with Crippen molar-refractivity contribution in [2.45, 2.75) is 6.92 Å². The zero-order chi connectivity index (χ0) is 11.1. The predicted molar refractivity (Wildman–Crippen MR) is 53.6 cm³/mol. The van der Waals surface area contributed by atoms with Crippen LogP contribution in [0.4, 0.5) is 0 Å². The van der Waals surface area contributed by atoms with Crippen LogP contribution in [0.15, 0.2) is 28.3 Å². The highest BCUT2D eigenvalue weighted by atomic mass is 16.5. The average molecular weight is 197 g/mol. The summed E-state index contributed by atoms with van der Waals surface area (Å²) in [6.45, 7) is 4.65. The number of carbonyl (C=O) groups is 1. The molecule has 0 spiro atoms. The van der Waals surface area contributed by atoms with Gasteiger partial charge in [-0.25, -0.2) is 4.79 Å². The van der Waals surface area contributed by atoms with Crippen LogP contribution in [0.2, 0.25) is 0 Å². The zero-order valence-corrected chi connectivity index (χ0v) is 8.10. The van der Waals surface area contributed by atoms with Crippen molar-refractivity contribution in [1.29, 1.82) is 0 Å². The molecule has 0 rings (SSSR count). The second-order valence-corrected chi connectivity index (χ2v) is 2.50. The van der Waals surface area contributed by atoms with Crippen molar-refractivity contribution in [2.75, 3.05) is 7.11 Å². The number of hydrogen-bond donors (Lipinski definition) is 2. The quantitative estimate of drug-likeness (QED) is 0.213. The Bertz CT molecular complexity index is 283. The molecule has 0 unspecified atom stereocenters. The molecule has 0 aromatic carbocycles. The molecule has 2 N–H and O–H groups in total. The maximum Gasteiger partial charge on any atom is 0.490 e. The number of allylic oxidation sites excluding steroid dienone is 2. The molecule has 14 heavy (non-hydrogen) atoms. The minimum atomic E-state index is -1.69. The Hall–Kier alpha value is -1.40. The Morgan fingerprint density at radius 3 is 2.50 bits per heavy atom. The van der Waals surface area contributed by atoms with Crippen LogP contribution in [0.5, 0.6) is 0 Å². The van der Waals surface area contributed by atoms with Crippen LogP contribution in [0, 0.1) is 0 Å². The van der Waals surface area contributed by atoms with E-state index >= 15 is 0 Å². The van der Waals surface area contributed by atoms with E-state index in [0.29, 0.717) is 0 Å². The SMILES string of the molecule is C=NC=C(C=C(C)C(=O)OC)B(O)O. The van der Waals surface area contributed by atoms with Crippen LogP contribution in [0.25, 0.3) is 0 Å². The summed E-state index contributed by atoms with van der Waals surface area (Å²) in [5.41, 5.74) is 0.318. The number of nitrogens with zero attached hydrogens (tertiary/aromatic N) is 1. The number of aliphatic imine (C=N–C) groups is 1. The smallest absolute Gasteiger partial charge is 0.466 e. The summed E-state index contributed by atoms with van der Waals surface area (Å²) in [6, 6.07) is 0. The van der Waals surface area contributed by atoms with E-state index in [-0.39, 0.29) is 11.0 Å². The van der Waals surface area contributed by atoms with Gasteiger partial charge in [-0.1, -0.05) is 6.08 Å². The molecular formula is C8H12BNO4. The normalized spacial score (nSPS) is 12.3. The molecule has 76 valence electrons. The molecule has 0 saturated carbocycles. The monoisotopic (exact) mass is 197 g/mol. The second-order valence-electron chi connectivity index (χ2n) is 2.50. The highest BCUT2D eigenvalue weighted by Crippen LogP contribution is 2.05. The van der Waals surface area contributed by atoms with E-state index in [9.17, 15) is 4.79 Å². The minimum Gasteiger partial charge on any atom is -0.466 e. The third-order valence-electron chi connectivity index (χ3n) is 1.43. The first-order valence-corrected chi connectivity index (χ1v) is 3.81. The van der Waals surface area contributed by atoms with E-state index in [4.69, 9.17) is 10.0 Å². The number of hydrogen-bond acceptors (Lipinski definition) is 5. The van der Waals surface area contributed by atoms with Gasteiger partial charge < -0.3 is 14.8 Å². The van der Waals surface area contributed by atoms with Crippen molar-refractivity contribution < 1.29 is 19.6 Å². The lowest BCUT2D eigenvalue weighted by Gasteiger charge is -2.01. The molecule has 0 heterocycles. The molecule has 0 aliphatic carbocycles. The highest BCUT2D eigenvalue weighted by Gasteiger charge is 2.14. The van der Waals surface area contributed by atoms with Crippen molar-refractivity contribution in [1.82, 2.24) is 0 Å². The molecule has 0 aromatic heterocycles. The van der Waals surface area contributed by atoms with Gasteiger partial charge in [-0.2, -0.15) is 0 Å². The fourth-order valence-corrected chi connectivity index (χ4v) is 0.754. The van der Waals surface area contributed by atoms with Crippen molar-refractivity contribution >= 4 is 19.8 Å². The fourth-order valence-electron chi connectivity index (χ4n) is 0.754. The minimum absolute atomic E-state index is 0.0721. The van der Waals surface area contributed by atoms with Crippen LogP contribution in [0.1, 0.15) is 6.92 Å². The molecule has 6 heteroatoms. The Morgan fingerprint density at radius 1 is 1.57 bits per heavy atom. The van der Waals surface area contributed by atoms with E-state index < -0.39 is 13.1 Å². The summed E-state index contributed by atoms with van der Waals surface area (Å²) in [5, 5.41) is 17.7. The summed E-state index contributed by atoms with van der Waals surface area (Å²) in [4.78, 5) is 14.3. The number of esters is 1. The first kappa shape index (κ1) is 12.6. The van der Waals surface area contributed by atoms with Crippen molar-refractivity contribution in [2.24, 2.45) is 4.99 Å². The lowest BCUT2D eigenvalue weighted by Crippen LogP contribution is -2.15. The number of ether oxygens (including phenoxy) is 1. The van der Waals surface area contributed by atoms with Crippen LogP contribution in [-0.4, -0.2) is 37.0 Å². The Balaban J connectivity index is 4.82. The molecule has 0 aliphatic heterocycles. The molecule has 0 saturated heterocycles. The third-order valence-corrected chi connectivity index (χ3v) is 1.43. The van der Waals surface area contributed by atoms with Crippen LogP contribution in [0.3, 0.4) is 0 Å². The van der Waals surface area contributed by atoms with Gasteiger partial charge in [-0.05, 0) is 13.6 Å². The number of rotatable bonds is 4. The molecule has 0 amide bonds. The van der Waals surface area contributed by atoms with Crippen molar-refractivity contribution in [3.05, 3.63) is 23.3 Å². The number of carbonyl (C=O) groups excluding carboxylic acids is 1. The van der Waals surface area contributed by atoms with Crippen LogP contribution >= 0.6 is 0 Å². The highest BCUT2D eigenvalue weighted by molar-refractivity contribution is 6.51. The number of methoxy groups -OCH3 is 1. The zero-order valence-electron chi connectivity index (χ0n) is 8.10. The lowest BCUT2D eigenvalue weighted by atomic mass is 9.79. The van der Waals surface area contributed by atoms with Gasteiger partial charge in [-0.15, -0.1) is 0 Å². The summed E-state index contributed by atoms with van der Waals surface area (Å²) >= 11 is 0. The lowest BCUT2D eigenvalue weighted by molar-refractivity contribution is -0.136. The van der Waals surface area contributed by atoms with E-state index in [1.165, 1.54) is 20.1 Å². The van der Waals surface area contributed by atoms with Gasteiger partial charge in [0.1, 0.15) is 0 Å². The molecule has 0 radical (unpaired) electrons. The second kappa shape index (κ2) is 6.12. The van der Waals surface area contributed by atoms with Gasteiger partial charge in [0, 0.05) is 17.2 Å².